The molecule has 2 fully saturated rings. The highest BCUT2D eigenvalue weighted by atomic mass is 19.3. The van der Waals surface area contributed by atoms with Crippen molar-refractivity contribution in [1.82, 2.24) is 34.0 Å². The van der Waals surface area contributed by atoms with Gasteiger partial charge in [-0.05, 0) is 50.8 Å². The molecule has 6 rings (SSSR count). The van der Waals surface area contributed by atoms with Crippen molar-refractivity contribution in [2.45, 2.75) is 57.5 Å². The number of likely N-dealkylation sites (tertiary alicyclic amines) is 1. The fourth-order valence-corrected chi connectivity index (χ4v) is 5.40. The Labute approximate surface area is 214 Å². The molecule has 0 bridgehead atoms. The number of rotatable bonds is 6. The Bertz CT molecular complexity index is 1500. The molecule has 5 heterocycles. The summed E-state index contributed by atoms with van der Waals surface area (Å²) in [7, 11) is 0. The van der Waals surface area contributed by atoms with E-state index in [2.05, 4.69) is 25.4 Å². The first-order valence-electron chi connectivity index (χ1n) is 12.6. The van der Waals surface area contributed by atoms with Crippen LogP contribution in [0.5, 0.6) is 0 Å². The molecule has 4 aromatic rings. The van der Waals surface area contributed by atoms with E-state index in [1.807, 2.05) is 6.07 Å². The van der Waals surface area contributed by atoms with Crippen molar-refractivity contribution in [3.8, 4) is 11.3 Å². The molecule has 1 saturated heterocycles. The summed E-state index contributed by atoms with van der Waals surface area (Å²) in [6, 6.07) is 5.48. The highest BCUT2D eigenvalue weighted by molar-refractivity contribution is 5.83. The van der Waals surface area contributed by atoms with E-state index in [4.69, 9.17) is 0 Å². The van der Waals surface area contributed by atoms with Crippen LogP contribution in [0.3, 0.4) is 0 Å². The largest absolute Gasteiger partial charge is 0.350 e. The molecule has 0 spiro atoms. The number of fused-ring (bicyclic) bond motifs is 2. The van der Waals surface area contributed by atoms with E-state index in [0.717, 1.165) is 5.56 Å². The van der Waals surface area contributed by atoms with Gasteiger partial charge in [-0.3, -0.25) is 4.79 Å². The van der Waals surface area contributed by atoms with Crippen molar-refractivity contribution < 1.29 is 22.4 Å². The highest BCUT2D eigenvalue weighted by Gasteiger charge is 2.47. The number of pyridine rings is 1. The SMILES string of the molecule is Cc1nc2ccc(-c3ccn4nc(N[C@H]5CC[C@@H](C(=O)N6CC(F)(F)C6)CC5)ncc34)nc2n1CC(F)F. The van der Waals surface area contributed by atoms with E-state index < -0.39 is 32.0 Å². The lowest BCUT2D eigenvalue weighted by atomic mass is 9.84. The number of anilines is 1. The number of hydrogen-bond acceptors (Lipinski definition) is 6. The number of alkyl halides is 4. The fraction of sp³-hybridized carbons (Fsp3) is 0.480. The topological polar surface area (TPSA) is 93.2 Å². The van der Waals surface area contributed by atoms with Crippen molar-refractivity contribution in [2.75, 3.05) is 18.4 Å². The average Bonchev–Trinajstić information content (AvgIpc) is 3.42. The number of carbonyl (C=O) groups is 1. The molecular formula is C25H26F4N8O. The smallest absolute Gasteiger partial charge is 0.282 e. The summed E-state index contributed by atoms with van der Waals surface area (Å²) < 4.78 is 55.5. The van der Waals surface area contributed by atoms with E-state index in [1.54, 1.807) is 36.0 Å². The molecule has 1 aliphatic carbocycles. The number of nitrogens with zero attached hydrogens (tertiary/aromatic N) is 7. The third kappa shape index (κ3) is 4.54. The number of carbonyl (C=O) groups excluding carboxylic acids is 1. The van der Waals surface area contributed by atoms with Crippen LogP contribution in [-0.2, 0) is 11.3 Å². The van der Waals surface area contributed by atoms with Crippen LogP contribution in [0.25, 0.3) is 27.9 Å². The predicted molar refractivity (Wildman–Crippen MR) is 131 cm³/mol. The quantitative estimate of drug-likeness (QED) is 0.377. The van der Waals surface area contributed by atoms with Gasteiger partial charge in [-0.2, -0.15) is 0 Å². The minimum atomic E-state index is -2.75. The minimum Gasteiger partial charge on any atom is -0.350 e. The number of nitrogens with one attached hydrogen (secondary N) is 1. The van der Waals surface area contributed by atoms with Crippen LogP contribution in [0.2, 0.25) is 0 Å². The maximum atomic E-state index is 13.1. The lowest BCUT2D eigenvalue weighted by molar-refractivity contribution is -0.170. The number of halogens is 4. The molecule has 1 N–H and O–H groups in total. The van der Waals surface area contributed by atoms with E-state index in [0.29, 0.717) is 59.8 Å². The second-order valence-electron chi connectivity index (χ2n) is 10.1. The normalized spacial score (nSPS) is 21.3. The van der Waals surface area contributed by atoms with E-state index in [9.17, 15) is 22.4 Å². The van der Waals surface area contributed by atoms with Gasteiger partial charge in [0.2, 0.25) is 11.9 Å². The van der Waals surface area contributed by atoms with Crippen molar-refractivity contribution >= 4 is 28.5 Å². The number of hydrogen-bond donors (Lipinski definition) is 1. The predicted octanol–water partition coefficient (Wildman–Crippen LogP) is 4.16. The summed E-state index contributed by atoms with van der Waals surface area (Å²) in [5.74, 6) is -2.23. The summed E-state index contributed by atoms with van der Waals surface area (Å²) in [5, 5.41) is 7.87. The molecule has 4 aromatic heterocycles. The molecule has 9 nitrogen and oxygen atoms in total. The summed E-state index contributed by atoms with van der Waals surface area (Å²) >= 11 is 0. The van der Waals surface area contributed by atoms with Gasteiger partial charge in [0.1, 0.15) is 11.3 Å². The van der Waals surface area contributed by atoms with Crippen molar-refractivity contribution in [3.05, 3.63) is 36.4 Å². The Morgan fingerprint density at radius 2 is 1.89 bits per heavy atom. The van der Waals surface area contributed by atoms with Crippen molar-refractivity contribution in [3.63, 3.8) is 0 Å². The standard InChI is InChI=1S/C25H26F4N8O/c1-14-31-19-7-6-18(33-22(19)36(14)11-21(26)27)17-8-9-37-20(17)10-30-24(34-37)32-16-4-2-15(3-5-16)23(38)35-12-25(28,29)13-35/h6-10,15-16,21H,2-5,11-13H2,1H3,(H,32,34)/t15-,16+. The van der Waals surface area contributed by atoms with Crippen LogP contribution < -0.4 is 5.32 Å². The first-order valence-corrected chi connectivity index (χ1v) is 12.6. The maximum absolute atomic E-state index is 13.1. The minimum absolute atomic E-state index is 0.0757. The molecule has 0 atom stereocenters. The molecule has 38 heavy (non-hydrogen) atoms. The second-order valence-corrected chi connectivity index (χ2v) is 10.1. The molecule has 0 radical (unpaired) electrons. The van der Waals surface area contributed by atoms with Crippen LogP contribution in [0, 0.1) is 12.8 Å². The molecule has 200 valence electrons. The first kappa shape index (κ1) is 24.6. The van der Waals surface area contributed by atoms with Gasteiger partial charge in [0.05, 0.1) is 37.0 Å². The summed E-state index contributed by atoms with van der Waals surface area (Å²) in [6.07, 6.45) is 3.63. The van der Waals surface area contributed by atoms with Gasteiger partial charge >= 0.3 is 0 Å². The van der Waals surface area contributed by atoms with Crippen LogP contribution in [0.1, 0.15) is 31.5 Å². The van der Waals surface area contributed by atoms with Gasteiger partial charge < -0.3 is 14.8 Å². The van der Waals surface area contributed by atoms with Crippen molar-refractivity contribution in [2.24, 2.45) is 5.92 Å². The zero-order valence-electron chi connectivity index (χ0n) is 20.6. The first-order chi connectivity index (χ1) is 18.2. The van der Waals surface area contributed by atoms with E-state index >= 15 is 0 Å². The lowest BCUT2D eigenvalue weighted by Crippen LogP contribution is -2.60. The summed E-state index contributed by atoms with van der Waals surface area (Å²) in [4.78, 5) is 27.1. The van der Waals surface area contributed by atoms with Gasteiger partial charge in [-0.1, -0.05) is 0 Å². The Morgan fingerprint density at radius 1 is 1.13 bits per heavy atom. The Hall–Kier alpha value is -3.77. The molecule has 1 amide bonds. The summed E-state index contributed by atoms with van der Waals surface area (Å²) in [6.45, 7) is 0.258. The Balaban J connectivity index is 1.14. The monoisotopic (exact) mass is 530 g/mol. The maximum Gasteiger partial charge on any atom is 0.282 e. The van der Waals surface area contributed by atoms with Gasteiger partial charge in [-0.15, -0.1) is 5.10 Å². The molecule has 0 aromatic carbocycles. The number of aromatic nitrogens is 6. The average molecular weight is 531 g/mol. The molecule has 2 aliphatic rings. The lowest BCUT2D eigenvalue weighted by Gasteiger charge is -2.41. The third-order valence-electron chi connectivity index (χ3n) is 7.36. The third-order valence-corrected chi connectivity index (χ3v) is 7.36. The summed E-state index contributed by atoms with van der Waals surface area (Å²) in [5.41, 5.74) is 3.02. The van der Waals surface area contributed by atoms with Crippen LogP contribution >= 0.6 is 0 Å². The second kappa shape index (κ2) is 9.21. The van der Waals surface area contributed by atoms with Crippen LogP contribution in [-0.4, -0.2) is 71.4 Å². The molecule has 13 heteroatoms. The van der Waals surface area contributed by atoms with Gasteiger partial charge in [0.25, 0.3) is 12.3 Å². The highest BCUT2D eigenvalue weighted by Crippen LogP contribution is 2.33. The number of aryl methyl sites for hydroxylation is 1. The number of imidazole rings is 1. The Morgan fingerprint density at radius 3 is 2.61 bits per heavy atom. The fourth-order valence-electron chi connectivity index (χ4n) is 5.40. The molecular weight excluding hydrogens is 504 g/mol. The Kier molecular flexibility index (Phi) is 5.95. The van der Waals surface area contributed by atoms with Gasteiger partial charge in [0.15, 0.2) is 5.65 Å². The molecule has 1 saturated carbocycles. The van der Waals surface area contributed by atoms with Gasteiger partial charge in [0, 0.05) is 23.7 Å². The van der Waals surface area contributed by atoms with Gasteiger partial charge in [-0.25, -0.2) is 37.0 Å². The van der Waals surface area contributed by atoms with Crippen molar-refractivity contribution in [1.29, 1.82) is 0 Å². The van der Waals surface area contributed by atoms with E-state index in [1.165, 1.54) is 9.47 Å². The zero-order valence-corrected chi connectivity index (χ0v) is 20.6. The van der Waals surface area contributed by atoms with E-state index in [-0.39, 0.29) is 17.9 Å². The molecule has 1 aliphatic heterocycles. The van der Waals surface area contributed by atoms with Crippen LogP contribution in [0.4, 0.5) is 23.5 Å². The molecule has 0 unspecified atom stereocenters. The van der Waals surface area contributed by atoms with Crippen LogP contribution in [0.15, 0.2) is 30.6 Å². The number of amides is 1. The zero-order chi connectivity index (χ0) is 26.6.